The van der Waals surface area contributed by atoms with Crippen molar-refractivity contribution < 1.29 is 10.2 Å². The third-order valence-electron chi connectivity index (χ3n) is 2.69. The Bertz CT molecular complexity index is 539. The van der Waals surface area contributed by atoms with E-state index in [1.807, 2.05) is 6.92 Å². The van der Waals surface area contributed by atoms with Gasteiger partial charge in [0.1, 0.15) is 17.8 Å². The number of benzene rings is 1. The molecule has 96 valence electrons. The van der Waals surface area contributed by atoms with Crippen molar-refractivity contribution in [3.8, 4) is 11.5 Å². The zero-order valence-electron chi connectivity index (χ0n) is 10.3. The zero-order valence-corrected chi connectivity index (χ0v) is 10.3. The van der Waals surface area contributed by atoms with Gasteiger partial charge in [-0.3, -0.25) is 4.68 Å². The summed E-state index contributed by atoms with van der Waals surface area (Å²) in [4.78, 5) is 4.10. The second-order valence-corrected chi connectivity index (χ2v) is 4.18. The van der Waals surface area contributed by atoms with Gasteiger partial charge in [-0.25, -0.2) is 4.98 Å². The van der Waals surface area contributed by atoms with Gasteiger partial charge in [-0.2, -0.15) is 5.10 Å². The molecule has 6 nitrogen and oxygen atoms in total. The molecule has 6 heteroatoms. The lowest BCUT2D eigenvalue weighted by atomic mass is 10.1. The van der Waals surface area contributed by atoms with Crippen LogP contribution in [0.4, 0.5) is 0 Å². The third-order valence-corrected chi connectivity index (χ3v) is 2.69. The number of hydrogen-bond donors (Lipinski definition) is 3. The molecule has 0 amide bonds. The van der Waals surface area contributed by atoms with Crippen molar-refractivity contribution in [3.05, 3.63) is 35.9 Å². The van der Waals surface area contributed by atoms with Gasteiger partial charge >= 0.3 is 0 Å². The van der Waals surface area contributed by atoms with Crippen molar-refractivity contribution >= 4 is 0 Å². The predicted molar refractivity (Wildman–Crippen MR) is 66.0 cm³/mol. The number of aryl methyl sites for hydroxylation is 1. The van der Waals surface area contributed by atoms with E-state index in [1.165, 1.54) is 12.1 Å². The molecular weight excluding hydrogens is 232 g/mol. The van der Waals surface area contributed by atoms with Crippen LogP contribution in [0, 0.1) is 0 Å². The minimum atomic E-state index is -0.110. The van der Waals surface area contributed by atoms with Gasteiger partial charge in [-0.15, -0.1) is 0 Å². The zero-order chi connectivity index (χ0) is 13.1. The van der Waals surface area contributed by atoms with E-state index in [9.17, 15) is 10.2 Å². The molecular formula is C12H16N4O2. The van der Waals surface area contributed by atoms with Crippen molar-refractivity contribution in [3.63, 3.8) is 0 Å². The van der Waals surface area contributed by atoms with Crippen LogP contribution in [0.15, 0.2) is 24.5 Å². The molecule has 2 rings (SSSR count). The van der Waals surface area contributed by atoms with Crippen molar-refractivity contribution in [1.82, 2.24) is 20.1 Å². The second-order valence-electron chi connectivity index (χ2n) is 4.18. The van der Waals surface area contributed by atoms with E-state index in [2.05, 4.69) is 15.4 Å². The van der Waals surface area contributed by atoms with Crippen molar-refractivity contribution in [2.45, 2.75) is 19.5 Å². The summed E-state index contributed by atoms with van der Waals surface area (Å²) in [5, 5.41) is 26.5. The van der Waals surface area contributed by atoms with Crippen LogP contribution in [0.3, 0.4) is 0 Å². The number of aromatic nitrogens is 3. The van der Waals surface area contributed by atoms with E-state index in [-0.39, 0.29) is 17.5 Å². The molecule has 0 fully saturated rings. The van der Waals surface area contributed by atoms with E-state index in [1.54, 1.807) is 24.1 Å². The fourth-order valence-electron chi connectivity index (χ4n) is 1.71. The van der Waals surface area contributed by atoms with Crippen LogP contribution in [0.2, 0.25) is 0 Å². The average molecular weight is 248 g/mol. The summed E-state index contributed by atoms with van der Waals surface area (Å²) in [5.41, 5.74) is 0.644. The van der Waals surface area contributed by atoms with Crippen molar-refractivity contribution in [1.29, 1.82) is 0 Å². The Balaban J connectivity index is 2.03. The van der Waals surface area contributed by atoms with Crippen LogP contribution in [0.1, 0.15) is 24.4 Å². The molecule has 0 saturated heterocycles. The van der Waals surface area contributed by atoms with Gasteiger partial charge in [0, 0.05) is 18.7 Å². The summed E-state index contributed by atoms with van der Waals surface area (Å²) in [6.45, 7) is 2.40. The number of aromatic hydroxyl groups is 2. The molecule has 0 aliphatic rings. The second kappa shape index (κ2) is 5.05. The molecule has 0 spiro atoms. The third kappa shape index (κ3) is 2.78. The highest BCUT2D eigenvalue weighted by Gasteiger charge is 2.11. The predicted octanol–water partition coefficient (Wildman–Crippen LogP) is 1.08. The molecule has 1 aromatic carbocycles. The van der Waals surface area contributed by atoms with Gasteiger partial charge < -0.3 is 15.5 Å². The Morgan fingerprint density at radius 1 is 1.39 bits per heavy atom. The first-order valence-corrected chi connectivity index (χ1v) is 5.66. The average Bonchev–Trinajstić information content (AvgIpc) is 2.75. The van der Waals surface area contributed by atoms with Gasteiger partial charge in [0.15, 0.2) is 5.82 Å². The Hall–Kier alpha value is -2.08. The lowest BCUT2D eigenvalue weighted by Crippen LogP contribution is -2.19. The number of hydrogen-bond acceptors (Lipinski definition) is 5. The van der Waals surface area contributed by atoms with E-state index >= 15 is 0 Å². The number of nitrogens with one attached hydrogen (secondary N) is 1. The van der Waals surface area contributed by atoms with Crippen LogP contribution < -0.4 is 5.32 Å². The summed E-state index contributed by atoms with van der Waals surface area (Å²) >= 11 is 0. The van der Waals surface area contributed by atoms with Crippen LogP contribution in [-0.2, 0) is 13.6 Å². The molecule has 0 bridgehead atoms. The quantitative estimate of drug-likeness (QED) is 0.705. The summed E-state index contributed by atoms with van der Waals surface area (Å²) in [6, 6.07) is 4.35. The number of phenolic OH excluding ortho intramolecular Hbond substituents is 2. The highest BCUT2D eigenvalue weighted by Crippen LogP contribution is 2.27. The van der Waals surface area contributed by atoms with Crippen LogP contribution in [0.25, 0.3) is 0 Å². The normalized spacial score (nSPS) is 12.6. The van der Waals surface area contributed by atoms with E-state index in [0.717, 1.165) is 0 Å². The Labute approximate surface area is 105 Å². The monoisotopic (exact) mass is 248 g/mol. The van der Waals surface area contributed by atoms with Crippen LogP contribution in [0.5, 0.6) is 11.5 Å². The molecule has 1 atom stereocenters. The van der Waals surface area contributed by atoms with Gasteiger partial charge in [0.05, 0.1) is 6.54 Å². The molecule has 0 radical (unpaired) electrons. The maximum Gasteiger partial charge on any atom is 0.164 e. The van der Waals surface area contributed by atoms with E-state index in [4.69, 9.17) is 0 Å². The standard InChI is InChI=1S/C12H16N4O2/c1-8(10-5-9(17)3-4-11(10)18)13-6-12-14-7-16(2)15-12/h3-5,7-8,13,17-18H,6H2,1-2H3. The first-order chi connectivity index (χ1) is 8.56. The van der Waals surface area contributed by atoms with Crippen molar-refractivity contribution in [2.24, 2.45) is 7.05 Å². The maximum atomic E-state index is 9.72. The van der Waals surface area contributed by atoms with Crippen LogP contribution in [-0.4, -0.2) is 25.0 Å². The van der Waals surface area contributed by atoms with Crippen molar-refractivity contribution in [2.75, 3.05) is 0 Å². The Morgan fingerprint density at radius 3 is 2.83 bits per heavy atom. The summed E-state index contributed by atoms with van der Waals surface area (Å²) in [7, 11) is 1.81. The Morgan fingerprint density at radius 2 is 2.17 bits per heavy atom. The SMILES string of the molecule is CC(NCc1ncn(C)n1)c1cc(O)ccc1O. The van der Waals surface area contributed by atoms with Crippen LogP contribution >= 0.6 is 0 Å². The molecule has 2 aromatic rings. The minimum absolute atomic E-state index is 0.110. The summed E-state index contributed by atoms with van der Waals surface area (Å²) < 4.78 is 1.63. The summed E-state index contributed by atoms with van der Waals surface area (Å²) in [5.74, 6) is 0.971. The maximum absolute atomic E-state index is 9.72. The molecule has 0 aliphatic heterocycles. The summed E-state index contributed by atoms with van der Waals surface area (Å²) in [6.07, 6.45) is 1.63. The fourth-order valence-corrected chi connectivity index (χ4v) is 1.71. The Kier molecular flexibility index (Phi) is 3.47. The minimum Gasteiger partial charge on any atom is -0.508 e. The van der Waals surface area contributed by atoms with E-state index in [0.29, 0.717) is 17.9 Å². The fraction of sp³-hybridized carbons (Fsp3) is 0.333. The number of rotatable bonds is 4. The first-order valence-electron chi connectivity index (χ1n) is 5.66. The first kappa shape index (κ1) is 12.4. The lowest BCUT2D eigenvalue weighted by molar-refractivity contribution is 0.439. The number of nitrogens with zero attached hydrogens (tertiary/aromatic N) is 3. The van der Waals surface area contributed by atoms with E-state index < -0.39 is 0 Å². The molecule has 1 unspecified atom stereocenters. The number of phenols is 2. The van der Waals surface area contributed by atoms with Gasteiger partial charge in [0.25, 0.3) is 0 Å². The molecule has 0 aliphatic carbocycles. The van der Waals surface area contributed by atoms with Gasteiger partial charge in [0.2, 0.25) is 0 Å². The molecule has 1 aromatic heterocycles. The molecule has 1 heterocycles. The van der Waals surface area contributed by atoms with Gasteiger partial charge in [-0.1, -0.05) is 0 Å². The highest BCUT2D eigenvalue weighted by molar-refractivity contribution is 5.40. The van der Waals surface area contributed by atoms with Gasteiger partial charge in [-0.05, 0) is 25.1 Å². The largest absolute Gasteiger partial charge is 0.508 e. The molecule has 0 saturated carbocycles. The molecule has 18 heavy (non-hydrogen) atoms. The smallest absolute Gasteiger partial charge is 0.164 e. The highest BCUT2D eigenvalue weighted by atomic mass is 16.3. The molecule has 3 N–H and O–H groups in total. The lowest BCUT2D eigenvalue weighted by Gasteiger charge is -2.14. The topological polar surface area (TPSA) is 83.2 Å².